The van der Waals surface area contributed by atoms with Crippen LogP contribution in [0.4, 0.5) is 5.69 Å². The van der Waals surface area contributed by atoms with E-state index in [4.69, 9.17) is 4.74 Å². The second-order valence-electron chi connectivity index (χ2n) is 6.22. The van der Waals surface area contributed by atoms with Crippen LogP contribution in [-0.2, 0) is 4.74 Å². The first-order valence-electron chi connectivity index (χ1n) is 8.53. The molecule has 0 spiro atoms. The Hall–Kier alpha value is -2.49. The molecule has 24 heavy (non-hydrogen) atoms. The predicted octanol–water partition coefficient (Wildman–Crippen LogP) is 4.20. The maximum absolute atomic E-state index is 12.6. The summed E-state index contributed by atoms with van der Waals surface area (Å²) < 4.78 is 7.32. The van der Waals surface area contributed by atoms with Crippen molar-refractivity contribution in [3.05, 3.63) is 60.9 Å². The van der Waals surface area contributed by atoms with Crippen molar-refractivity contribution in [1.82, 2.24) is 4.57 Å². The summed E-state index contributed by atoms with van der Waals surface area (Å²) in [7, 11) is 0. The Kier molecular flexibility index (Phi) is 5.04. The Morgan fingerprint density at radius 2 is 2.12 bits per heavy atom. The minimum Gasteiger partial charge on any atom is -0.458 e. The molecule has 4 heteroatoms. The van der Waals surface area contributed by atoms with Crippen LogP contribution < -0.4 is 4.90 Å². The molecule has 2 aromatic rings. The molecule has 0 N–H and O–H groups in total. The minimum atomic E-state index is -0.295. The first-order valence-corrected chi connectivity index (χ1v) is 8.53. The number of ether oxygens (including phenoxy) is 1. The fraction of sp³-hybridized carbons (Fsp3) is 0.350. The van der Waals surface area contributed by atoms with Crippen LogP contribution in [-0.4, -0.2) is 29.7 Å². The SMILES string of the molecule is C=CCOC(=O)c1cc(-n2cccc2)ccc1N1CCCCC1C. The number of esters is 1. The van der Waals surface area contributed by atoms with Gasteiger partial charge in [0, 0.05) is 30.7 Å². The van der Waals surface area contributed by atoms with E-state index in [2.05, 4.69) is 24.5 Å². The molecule has 126 valence electrons. The number of hydrogen-bond donors (Lipinski definition) is 0. The lowest BCUT2D eigenvalue weighted by Crippen LogP contribution is -2.38. The fourth-order valence-electron chi connectivity index (χ4n) is 3.27. The maximum atomic E-state index is 12.6. The van der Waals surface area contributed by atoms with E-state index in [9.17, 15) is 4.79 Å². The molecule has 1 fully saturated rings. The quantitative estimate of drug-likeness (QED) is 0.611. The number of carbonyl (C=O) groups is 1. The van der Waals surface area contributed by atoms with Gasteiger partial charge in [0.25, 0.3) is 0 Å². The smallest absolute Gasteiger partial charge is 0.340 e. The summed E-state index contributed by atoms with van der Waals surface area (Å²) in [4.78, 5) is 14.9. The van der Waals surface area contributed by atoms with Crippen molar-refractivity contribution in [1.29, 1.82) is 0 Å². The molecule has 2 heterocycles. The monoisotopic (exact) mass is 324 g/mol. The van der Waals surface area contributed by atoms with Gasteiger partial charge in [0.1, 0.15) is 6.61 Å². The lowest BCUT2D eigenvalue weighted by molar-refractivity contribution is 0.0550. The van der Waals surface area contributed by atoms with E-state index < -0.39 is 0 Å². The third-order valence-electron chi connectivity index (χ3n) is 4.55. The Morgan fingerprint density at radius 1 is 1.33 bits per heavy atom. The highest BCUT2D eigenvalue weighted by molar-refractivity contribution is 5.96. The van der Waals surface area contributed by atoms with Gasteiger partial charge in [0.2, 0.25) is 0 Å². The summed E-state index contributed by atoms with van der Waals surface area (Å²) in [5, 5.41) is 0. The van der Waals surface area contributed by atoms with Gasteiger partial charge in [-0.25, -0.2) is 4.79 Å². The fourth-order valence-corrected chi connectivity index (χ4v) is 3.27. The van der Waals surface area contributed by atoms with Gasteiger partial charge in [-0.05, 0) is 56.5 Å². The zero-order valence-corrected chi connectivity index (χ0v) is 14.1. The van der Waals surface area contributed by atoms with E-state index in [-0.39, 0.29) is 12.6 Å². The zero-order chi connectivity index (χ0) is 16.9. The molecule has 1 saturated heterocycles. The molecule has 0 saturated carbocycles. The summed E-state index contributed by atoms with van der Waals surface area (Å²) in [6.45, 7) is 7.04. The van der Waals surface area contributed by atoms with Gasteiger partial charge in [-0.2, -0.15) is 0 Å². The van der Waals surface area contributed by atoms with Crippen molar-refractivity contribution in [2.45, 2.75) is 32.2 Å². The van der Waals surface area contributed by atoms with Crippen LogP contribution in [0.2, 0.25) is 0 Å². The Labute approximate surface area is 143 Å². The van der Waals surface area contributed by atoms with Gasteiger partial charge in [-0.3, -0.25) is 0 Å². The third-order valence-corrected chi connectivity index (χ3v) is 4.55. The van der Waals surface area contributed by atoms with E-state index in [0.29, 0.717) is 11.6 Å². The molecule has 1 aliphatic heterocycles. The molecule has 1 aromatic carbocycles. The van der Waals surface area contributed by atoms with Gasteiger partial charge >= 0.3 is 5.97 Å². The largest absolute Gasteiger partial charge is 0.458 e. The van der Waals surface area contributed by atoms with Crippen LogP contribution in [0.15, 0.2) is 55.4 Å². The molecule has 1 aliphatic rings. The summed E-state index contributed by atoms with van der Waals surface area (Å²) in [5.41, 5.74) is 2.54. The lowest BCUT2D eigenvalue weighted by Gasteiger charge is -2.36. The number of benzene rings is 1. The van der Waals surface area contributed by atoms with Gasteiger partial charge in [0.15, 0.2) is 0 Å². The van der Waals surface area contributed by atoms with Gasteiger partial charge in [0.05, 0.1) is 11.3 Å². The molecule has 3 rings (SSSR count). The Balaban J connectivity index is 2.00. The van der Waals surface area contributed by atoms with Crippen LogP contribution in [0.5, 0.6) is 0 Å². The van der Waals surface area contributed by atoms with E-state index in [1.54, 1.807) is 6.08 Å². The van der Waals surface area contributed by atoms with Crippen molar-refractivity contribution in [2.75, 3.05) is 18.1 Å². The first kappa shape index (κ1) is 16.4. The molecule has 0 radical (unpaired) electrons. The topological polar surface area (TPSA) is 34.5 Å². The summed E-state index contributed by atoms with van der Waals surface area (Å²) >= 11 is 0. The number of aromatic nitrogens is 1. The van der Waals surface area contributed by atoms with E-state index >= 15 is 0 Å². The Morgan fingerprint density at radius 3 is 2.83 bits per heavy atom. The van der Waals surface area contributed by atoms with Crippen molar-refractivity contribution >= 4 is 11.7 Å². The predicted molar refractivity (Wildman–Crippen MR) is 96.9 cm³/mol. The number of nitrogens with zero attached hydrogens (tertiary/aromatic N) is 2. The van der Waals surface area contributed by atoms with Crippen molar-refractivity contribution in [2.24, 2.45) is 0 Å². The molecule has 1 atom stereocenters. The molecular formula is C20H24N2O2. The highest BCUT2D eigenvalue weighted by Gasteiger charge is 2.24. The summed E-state index contributed by atoms with van der Waals surface area (Å²) in [6.07, 6.45) is 9.09. The average molecular weight is 324 g/mol. The number of rotatable bonds is 5. The van der Waals surface area contributed by atoms with Crippen LogP contribution in [0.25, 0.3) is 5.69 Å². The Bertz CT molecular complexity index is 706. The second-order valence-corrected chi connectivity index (χ2v) is 6.22. The van der Waals surface area contributed by atoms with E-state index in [1.807, 2.05) is 41.2 Å². The summed E-state index contributed by atoms with van der Waals surface area (Å²) in [6, 6.07) is 10.4. The van der Waals surface area contributed by atoms with Gasteiger partial charge in [-0.1, -0.05) is 12.7 Å². The van der Waals surface area contributed by atoms with Crippen molar-refractivity contribution < 1.29 is 9.53 Å². The molecule has 0 bridgehead atoms. The van der Waals surface area contributed by atoms with Crippen LogP contribution >= 0.6 is 0 Å². The van der Waals surface area contributed by atoms with Crippen LogP contribution in [0, 0.1) is 0 Å². The number of piperidine rings is 1. The zero-order valence-electron chi connectivity index (χ0n) is 14.1. The number of hydrogen-bond acceptors (Lipinski definition) is 3. The lowest BCUT2D eigenvalue weighted by atomic mass is 10.0. The van der Waals surface area contributed by atoms with Gasteiger partial charge in [-0.15, -0.1) is 0 Å². The van der Waals surface area contributed by atoms with Gasteiger partial charge < -0.3 is 14.2 Å². The van der Waals surface area contributed by atoms with E-state index in [0.717, 1.165) is 30.8 Å². The first-order chi connectivity index (χ1) is 11.7. The van der Waals surface area contributed by atoms with Crippen LogP contribution in [0.3, 0.4) is 0 Å². The molecule has 4 nitrogen and oxygen atoms in total. The molecule has 0 aliphatic carbocycles. The average Bonchev–Trinajstić information content (AvgIpc) is 3.14. The van der Waals surface area contributed by atoms with Crippen molar-refractivity contribution in [3.63, 3.8) is 0 Å². The van der Waals surface area contributed by atoms with Crippen molar-refractivity contribution in [3.8, 4) is 5.69 Å². The minimum absolute atomic E-state index is 0.224. The number of anilines is 1. The maximum Gasteiger partial charge on any atom is 0.340 e. The standard InChI is InChI=1S/C20H24N2O2/c1-3-14-24-20(23)18-15-17(21-11-6-7-12-21)9-10-19(18)22-13-5-4-8-16(22)2/h3,6-7,9-12,15-16H,1,4-5,8,13-14H2,2H3. The van der Waals surface area contributed by atoms with Crippen LogP contribution in [0.1, 0.15) is 36.5 Å². The molecular weight excluding hydrogens is 300 g/mol. The molecule has 0 amide bonds. The third kappa shape index (κ3) is 3.37. The number of carbonyl (C=O) groups excluding carboxylic acids is 1. The molecule has 1 aromatic heterocycles. The highest BCUT2D eigenvalue weighted by atomic mass is 16.5. The van der Waals surface area contributed by atoms with E-state index in [1.165, 1.54) is 6.42 Å². The summed E-state index contributed by atoms with van der Waals surface area (Å²) in [5.74, 6) is -0.295. The second kappa shape index (κ2) is 7.39. The molecule has 1 unspecified atom stereocenters. The highest BCUT2D eigenvalue weighted by Crippen LogP contribution is 2.30. The normalized spacial score (nSPS) is 17.5.